The summed E-state index contributed by atoms with van der Waals surface area (Å²) in [5, 5.41) is 23.6. The van der Waals surface area contributed by atoms with Crippen molar-refractivity contribution < 1.29 is 14.6 Å². The first-order chi connectivity index (χ1) is 15.1. The minimum Gasteiger partial charge on any atom is -0.494 e. The number of carbonyl (C=O) groups is 1. The average molecular weight is 421 g/mol. The molecule has 0 aromatic carbocycles. The quantitative estimate of drug-likeness (QED) is 0.224. The number of aliphatic hydroxyl groups excluding tert-OH is 1. The smallest absolute Gasteiger partial charge is 0.252 e. The number of ether oxygens (including phenoxy) is 1. The van der Waals surface area contributed by atoms with Crippen LogP contribution < -0.4 is 15.4 Å². The average Bonchev–Trinajstić information content (AvgIpc) is 3.31. The molecule has 0 saturated carbocycles. The molecule has 0 fully saturated rings. The molecular weight excluding hydrogens is 398 g/mol. The predicted molar refractivity (Wildman–Crippen MR) is 116 cm³/mol. The molecule has 3 aromatic heterocycles. The van der Waals surface area contributed by atoms with E-state index >= 15 is 0 Å². The van der Waals surface area contributed by atoms with Crippen LogP contribution in [0.5, 0.6) is 5.88 Å². The van der Waals surface area contributed by atoms with Crippen molar-refractivity contribution in [2.45, 2.75) is 13.0 Å². The molecule has 31 heavy (non-hydrogen) atoms. The predicted octanol–water partition coefficient (Wildman–Crippen LogP) is 2.49. The van der Waals surface area contributed by atoms with Crippen LogP contribution in [0.1, 0.15) is 22.3 Å². The number of rotatable bonds is 10. The van der Waals surface area contributed by atoms with Crippen LogP contribution in [0, 0.1) is 5.41 Å². The number of nitrogens with zero attached hydrogens (tertiary/aromatic N) is 4. The Morgan fingerprint density at radius 1 is 1.26 bits per heavy atom. The standard InChI is InChI=1S/C21H23N7O3/c1-31-19-11-15(5-7-24-19)17(12-22)21(30)27-18-4-3-16(13-26-18)20(29)25-6-2-9-28-10-8-23-14-28/h3-5,7-8,10-14,22,30H,2,6,9H2,1H3,(H,25,29)(H,26,27)/b21-17-,22-12?. The van der Waals surface area contributed by atoms with E-state index in [1.165, 1.54) is 19.5 Å². The second-order valence-corrected chi connectivity index (χ2v) is 6.46. The van der Waals surface area contributed by atoms with Gasteiger partial charge in [-0.2, -0.15) is 0 Å². The first-order valence-corrected chi connectivity index (χ1v) is 9.52. The van der Waals surface area contributed by atoms with E-state index in [0.29, 0.717) is 29.4 Å². The van der Waals surface area contributed by atoms with Crippen LogP contribution in [0.2, 0.25) is 0 Å². The van der Waals surface area contributed by atoms with E-state index in [9.17, 15) is 9.90 Å². The van der Waals surface area contributed by atoms with E-state index in [1.807, 2.05) is 10.8 Å². The van der Waals surface area contributed by atoms with Crippen molar-refractivity contribution in [3.63, 3.8) is 0 Å². The highest BCUT2D eigenvalue weighted by atomic mass is 16.5. The van der Waals surface area contributed by atoms with E-state index in [-0.39, 0.29) is 17.4 Å². The summed E-state index contributed by atoms with van der Waals surface area (Å²) in [6.07, 6.45) is 10.0. The molecule has 0 bridgehead atoms. The van der Waals surface area contributed by atoms with Gasteiger partial charge in [-0.15, -0.1) is 0 Å². The maximum Gasteiger partial charge on any atom is 0.252 e. The summed E-state index contributed by atoms with van der Waals surface area (Å²) in [5.41, 5.74) is 1.20. The van der Waals surface area contributed by atoms with Crippen molar-refractivity contribution in [1.29, 1.82) is 5.41 Å². The molecule has 10 nitrogen and oxygen atoms in total. The summed E-state index contributed by atoms with van der Waals surface area (Å²) in [6.45, 7) is 1.30. The molecule has 4 N–H and O–H groups in total. The Balaban J connectivity index is 1.58. The third-order valence-corrected chi connectivity index (χ3v) is 4.36. The number of aliphatic hydroxyl groups is 1. The molecule has 3 heterocycles. The summed E-state index contributed by atoms with van der Waals surface area (Å²) >= 11 is 0. The lowest BCUT2D eigenvalue weighted by Gasteiger charge is -2.10. The molecule has 0 aliphatic heterocycles. The second kappa shape index (κ2) is 10.5. The zero-order valence-electron chi connectivity index (χ0n) is 16.9. The van der Waals surface area contributed by atoms with E-state index in [4.69, 9.17) is 10.1 Å². The number of carbonyl (C=O) groups excluding carboxylic acids is 1. The maximum absolute atomic E-state index is 12.2. The molecular formula is C21H23N7O3. The van der Waals surface area contributed by atoms with E-state index in [2.05, 4.69) is 25.6 Å². The highest BCUT2D eigenvalue weighted by molar-refractivity contribution is 6.09. The van der Waals surface area contributed by atoms with Crippen molar-refractivity contribution in [1.82, 2.24) is 24.8 Å². The molecule has 160 valence electrons. The zero-order chi connectivity index (χ0) is 22.1. The minimum absolute atomic E-state index is 0.228. The number of aromatic nitrogens is 4. The van der Waals surface area contributed by atoms with Gasteiger partial charge in [-0.1, -0.05) is 0 Å². The molecule has 0 aliphatic rings. The molecule has 1 amide bonds. The van der Waals surface area contributed by atoms with Gasteiger partial charge in [-0.3, -0.25) is 4.79 Å². The Bertz CT molecular complexity index is 1050. The molecule has 0 aliphatic carbocycles. The Kier molecular flexibility index (Phi) is 7.30. The lowest BCUT2D eigenvalue weighted by molar-refractivity contribution is 0.0952. The fourth-order valence-corrected chi connectivity index (χ4v) is 2.75. The summed E-state index contributed by atoms with van der Waals surface area (Å²) in [5.74, 6) is 0.207. The maximum atomic E-state index is 12.2. The highest BCUT2D eigenvalue weighted by Gasteiger charge is 2.10. The first-order valence-electron chi connectivity index (χ1n) is 9.52. The fraction of sp³-hybridized carbons (Fsp3) is 0.190. The third-order valence-electron chi connectivity index (χ3n) is 4.36. The molecule has 3 aromatic rings. The van der Waals surface area contributed by atoms with Crippen LogP contribution in [-0.2, 0) is 6.54 Å². The Morgan fingerprint density at radius 2 is 2.13 bits per heavy atom. The highest BCUT2D eigenvalue weighted by Crippen LogP contribution is 2.20. The Labute approximate surface area is 179 Å². The largest absolute Gasteiger partial charge is 0.494 e. The molecule has 0 radical (unpaired) electrons. The number of hydrogen-bond acceptors (Lipinski definition) is 8. The third kappa shape index (κ3) is 5.89. The second-order valence-electron chi connectivity index (χ2n) is 6.46. The normalized spacial score (nSPS) is 11.4. The number of pyridine rings is 2. The monoisotopic (exact) mass is 421 g/mol. The topological polar surface area (TPSA) is 138 Å². The van der Waals surface area contributed by atoms with Gasteiger partial charge in [0, 0.05) is 50.2 Å². The summed E-state index contributed by atoms with van der Waals surface area (Å²) in [4.78, 5) is 24.4. The summed E-state index contributed by atoms with van der Waals surface area (Å²) in [6, 6.07) is 6.43. The molecule has 0 spiro atoms. The van der Waals surface area contributed by atoms with Crippen LogP contribution in [0.25, 0.3) is 5.57 Å². The fourth-order valence-electron chi connectivity index (χ4n) is 2.75. The van der Waals surface area contributed by atoms with Crippen molar-refractivity contribution in [2.75, 3.05) is 19.0 Å². The van der Waals surface area contributed by atoms with Gasteiger partial charge >= 0.3 is 0 Å². The number of methoxy groups -OCH3 is 1. The molecule has 0 saturated heterocycles. The van der Waals surface area contributed by atoms with Gasteiger partial charge in [-0.05, 0) is 30.2 Å². The van der Waals surface area contributed by atoms with Gasteiger partial charge in [0.25, 0.3) is 5.91 Å². The zero-order valence-corrected chi connectivity index (χ0v) is 16.9. The van der Waals surface area contributed by atoms with Crippen LogP contribution in [-0.4, -0.2) is 50.4 Å². The lowest BCUT2D eigenvalue weighted by atomic mass is 10.1. The SMILES string of the molecule is COc1cc(/C(C=N)=C(\O)Nc2ccc(C(=O)NCCCn3ccnc3)cn2)ccn1. The van der Waals surface area contributed by atoms with Gasteiger partial charge in [-0.25, -0.2) is 15.0 Å². The summed E-state index contributed by atoms with van der Waals surface area (Å²) < 4.78 is 7.02. The van der Waals surface area contributed by atoms with Gasteiger partial charge in [0.2, 0.25) is 5.88 Å². The molecule has 0 atom stereocenters. The van der Waals surface area contributed by atoms with Gasteiger partial charge in [0.1, 0.15) is 5.82 Å². The number of hydrogen-bond donors (Lipinski definition) is 4. The summed E-state index contributed by atoms with van der Waals surface area (Å²) in [7, 11) is 1.49. The van der Waals surface area contributed by atoms with Crippen molar-refractivity contribution in [3.05, 3.63) is 72.4 Å². The molecule has 10 heteroatoms. The van der Waals surface area contributed by atoms with E-state index in [1.54, 1.807) is 36.8 Å². The Morgan fingerprint density at radius 3 is 2.81 bits per heavy atom. The number of aryl methyl sites for hydroxylation is 1. The number of nitrogens with one attached hydrogen (secondary N) is 3. The lowest BCUT2D eigenvalue weighted by Crippen LogP contribution is -2.25. The molecule has 0 unspecified atom stereocenters. The van der Waals surface area contributed by atoms with Gasteiger partial charge < -0.3 is 30.5 Å². The number of allylic oxidation sites excluding steroid dienone is 1. The van der Waals surface area contributed by atoms with Gasteiger partial charge in [0.15, 0.2) is 5.88 Å². The van der Waals surface area contributed by atoms with Crippen molar-refractivity contribution in [3.8, 4) is 5.88 Å². The number of imidazole rings is 1. The first kappa shape index (κ1) is 21.5. The molecule has 3 rings (SSSR count). The van der Waals surface area contributed by atoms with Crippen LogP contribution in [0.15, 0.2) is 61.3 Å². The van der Waals surface area contributed by atoms with Crippen LogP contribution in [0.3, 0.4) is 0 Å². The van der Waals surface area contributed by atoms with E-state index in [0.717, 1.165) is 19.2 Å². The Hall–Kier alpha value is -4.21. The van der Waals surface area contributed by atoms with Crippen molar-refractivity contribution in [2.24, 2.45) is 0 Å². The van der Waals surface area contributed by atoms with Gasteiger partial charge in [0.05, 0.1) is 24.6 Å². The van der Waals surface area contributed by atoms with Crippen LogP contribution in [0.4, 0.5) is 5.82 Å². The number of anilines is 1. The number of amides is 1. The van der Waals surface area contributed by atoms with E-state index < -0.39 is 0 Å². The minimum atomic E-state index is -0.257. The van der Waals surface area contributed by atoms with Crippen LogP contribution >= 0.6 is 0 Å². The van der Waals surface area contributed by atoms with Crippen molar-refractivity contribution >= 4 is 23.5 Å².